The predicted octanol–water partition coefficient (Wildman–Crippen LogP) is 4.09. The average molecular weight is 523 g/mol. The first kappa shape index (κ1) is 24.8. The molecule has 2 heterocycles. The second kappa shape index (κ2) is 9.89. The molecule has 10 heteroatoms. The number of rotatable bonds is 6. The molecule has 188 valence electrons. The van der Waals surface area contributed by atoms with Crippen LogP contribution in [-0.2, 0) is 10.0 Å². The fraction of sp³-hybridized carbons (Fsp3) is 0.0714. The van der Waals surface area contributed by atoms with Gasteiger partial charge in [-0.2, -0.15) is 10.4 Å². The molecule has 0 atom stereocenters. The zero-order chi connectivity index (χ0) is 26.9. The summed E-state index contributed by atoms with van der Waals surface area (Å²) in [6, 6.07) is 24.9. The lowest BCUT2D eigenvalue weighted by Gasteiger charge is -2.11. The topological polar surface area (TPSA) is 125 Å². The van der Waals surface area contributed by atoms with Gasteiger partial charge in [-0.3, -0.25) is 4.79 Å². The van der Waals surface area contributed by atoms with Crippen LogP contribution >= 0.6 is 0 Å². The summed E-state index contributed by atoms with van der Waals surface area (Å²) in [4.78, 5) is 19.9. The van der Waals surface area contributed by atoms with Crippen LogP contribution in [0.4, 0.5) is 0 Å². The van der Waals surface area contributed by atoms with Gasteiger partial charge >= 0.3 is 0 Å². The molecule has 0 spiro atoms. The molecule has 0 aliphatic heterocycles. The van der Waals surface area contributed by atoms with E-state index in [9.17, 15) is 18.5 Å². The predicted molar refractivity (Wildman–Crippen MR) is 146 cm³/mol. The van der Waals surface area contributed by atoms with Gasteiger partial charge in [-0.15, -0.1) is 0 Å². The van der Waals surface area contributed by atoms with Gasteiger partial charge in [0.15, 0.2) is 5.82 Å². The Morgan fingerprint density at radius 1 is 1.00 bits per heavy atom. The van der Waals surface area contributed by atoms with Crippen molar-refractivity contribution in [2.75, 3.05) is 14.1 Å². The maximum Gasteiger partial charge on any atom is 0.259 e. The van der Waals surface area contributed by atoms with Crippen LogP contribution in [0.25, 0.3) is 39.5 Å². The normalized spacial score (nSPS) is 12.1. The Bertz CT molecular complexity index is 1880. The lowest BCUT2D eigenvalue weighted by molar-refractivity contribution is 0.521. The molecular weight excluding hydrogens is 500 g/mol. The number of allylic oxidation sites excluding steroid dienone is 1. The molecule has 0 saturated heterocycles. The van der Waals surface area contributed by atoms with Gasteiger partial charge in [-0.25, -0.2) is 22.4 Å². The van der Waals surface area contributed by atoms with Gasteiger partial charge in [0.1, 0.15) is 6.07 Å². The third-order valence-electron chi connectivity index (χ3n) is 5.96. The molecule has 1 N–H and O–H groups in total. The number of sulfonamides is 1. The Morgan fingerprint density at radius 3 is 2.37 bits per heavy atom. The fourth-order valence-corrected chi connectivity index (χ4v) is 4.85. The summed E-state index contributed by atoms with van der Waals surface area (Å²) in [6.45, 7) is 0. The van der Waals surface area contributed by atoms with Crippen LogP contribution in [0, 0.1) is 11.3 Å². The Kier molecular flexibility index (Phi) is 6.46. The van der Waals surface area contributed by atoms with Gasteiger partial charge < -0.3 is 4.98 Å². The number of para-hydroxylation sites is 2. The summed E-state index contributed by atoms with van der Waals surface area (Å²) in [5.41, 5.74) is 2.85. The molecule has 0 aliphatic carbocycles. The maximum atomic E-state index is 12.6. The molecule has 5 rings (SSSR count). The van der Waals surface area contributed by atoms with Crippen LogP contribution in [0.5, 0.6) is 0 Å². The molecule has 5 aromatic rings. The highest BCUT2D eigenvalue weighted by Crippen LogP contribution is 2.28. The molecule has 0 saturated carbocycles. The largest absolute Gasteiger partial charge is 0.305 e. The molecule has 3 aromatic carbocycles. The zero-order valence-electron chi connectivity index (χ0n) is 20.5. The first-order valence-corrected chi connectivity index (χ1v) is 13.0. The smallest absolute Gasteiger partial charge is 0.259 e. The van der Waals surface area contributed by atoms with Crippen molar-refractivity contribution in [3.05, 3.63) is 107 Å². The quantitative estimate of drug-likeness (QED) is 0.335. The van der Waals surface area contributed by atoms with E-state index in [-0.39, 0.29) is 21.9 Å². The molecular formula is C28H22N6O3S. The number of nitrogens with zero attached hydrogens (tertiary/aromatic N) is 5. The molecule has 0 fully saturated rings. The van der Waals surface area contributed by atoms with E-state index >= 15 is 0 Å². The highest BCUT2D eigenvalue weighted by Gasteiger charge is 2.19. The van der Waals surface area contributed by atoms with E-state index in [1.165, 1.54) is 26.2 Å². The van der Waals surface area contributed by atoms with E-state index in [1.807, 2.05) is 30.3 Å². The lowest BCUT2D eigenvalue weighted by Crippen LogP contribution is -2.22. The van der Waals surface area contributed by atoms with Crippen LogP contribution in [0.1, 0.15) is 11.4 Å². The first-order valence-electron chi connectivity index (χ1n) is 11.6. The van der Waals surface area contributed by atoms with Gasteiger partial charge in [0.2, 0.25) is 10.0 Å². The molecule has 38 heavy (non-hydrogen) atoms. The van der Waals surface area contributed by atoms with Crippen molar-refractivity contribution in [3.8, 4) is 23.0 Å². The Labute approximate surface area is 219 Å². The van der Waals surface area contributed by atoms with Gasteiger partial charge in [0, 0.05) is 31.4 Å². The SMILES string of the molecule is CN(C)S(=O)(=O)c1ccc(-c2nn(-c3ccccc3)cc2/C=C(\C#N)c2nc3ccccc3c(=O)[nH]2)cc1. The van der Waals surface area contributed by atoms with Crippen molar-refractivity contribution < 1.29 is 8.42 Å². The van der Waals surface area contributed by atoms with E-state index in [1.54, 1.807) is 53.4 Å². The van der Waals surface area contributed by atoms with Crippen molar-refractivity contribution in [1.82, 2.24) is 24.1 Å². The second-order valence-electron chi connectivity index (χ2n) is 8.63. The summed E-state index contributed by atoms with van der Waals surface area (Å²) in [6.07, 6.45) is 3.38. The van der Waals surface area contributed by atoms with Crippen LogP contribution in [0.2, 0.25) is 0 Å². The zero-order valence-corrected chi connectivity index (χ0v) is 21.3. The monoisotopic (exact) mass is 522 g/mol. The molecule has 0 bridgehead atoms. The van der Waals surface area contributed by atoms with E-state index in [0.29, 0.717) is 27.7 Å². The van der Waals surface area contributed by atoms with E-state index < -0.39 is 10.0 Å². The van der Waals surface area contributed by atoms with Gasteiger partial charge in [-0.1, -0.05) is 42.5 Å². The van der Waals surface area contributed by atoms with Crippen LogP contribution in [0.3, 0.4) is 0 Å². The standard InChI is InChI=1S/C28H22N6O3S/c1-33(2)38(36,37)23-14-12-19(13-15-23)26-21(18-34(32-26)22-8-4-3-5-9-22)16-20(17-29)27-30-25-11-7-6-10-24(25)28(35)31-27/h3-16,18H,1-2H3,(H,30,31,35)/b20-16+. The number of nitrogens with one attached hydrogen (secondary N) is 1. The third-order valence-corrected chi connectivity index (χ3v) is 7.79. The average Bonchev–Trinajstić information content (AvgIpc) is 3.36. The Hall–Kier alpha value is -4.85. The van der Waals surface area contributed by atoms with Crippen molar-refractivity contribution in [2.45, 2.75) is 4.90 Å². The minimum absolute atomic E-state index is 0.141. The van der Waals surface area contributed by atoms with E-state index in [2.05, 4.69) is 16.0 Å². The molecule has 0 radical (unpaired) electrons. The minimum atomic E-state index is -3.59. The van der Waals surface area contributed by atoms with Crippen molar-refractivity contribution in [3.63, 3.8) is 0 Å². The molecule has 0 unspecified atom stereocenters. The molecule has 9 nitrogen and oxygen atoms in total. The summed E-state index contributed by atoms with van der Waals surface area (Å²) < 4.78 is 27.9. The highest BCUT2D eigenvalue weighted by molar-refractivity contribution is 7.89. The van der Waals surface area contributed by atoms with Crippen molar-refractivity contribution in [2.24, 2.45) is 0 Å². The van der Waals surface area contributed by atoms with Gasteiger partial charge in [0.05, 0.1) is 32.8 Å². The van der Waals surface area contributed by atoms with E-state index in [0.717, 1.165) is 9.99 Å². The number of H-pyrrole nitrogens is 1. The Balaban J connectivity index is 1.66. The summed E-state index contributed by atoms with van der Waals surface area (Å²) in [7, 11) is -0.645. The van der Waals surface area contributed by atoms with Gasteiger partial charge in [-0.05, 0) is 42.5 Å². The van der Waals surface area contributed by atoms with Gasteiger partial charge in [0.25, 0.3) is 5.56 Å². The van der Waals surface area contributed by atoms with Crippen LogP contribution < -0.4 is 5.56 Å². The number of hydrogen-bond acceptors (Lipinski definition) is 6. The fourth-order valence-electron chi connectivity index (χ4n) is 3.95. The minimum Gasteiger partial charge on any atom is -0.305 e. The van der Waals surface area contributed by atoms with Crippen molar-refractivity contribution >= 4 is 32.6 Å². The van der Waals surface area contributed by atoms with Crippen molar-refractivity contribution in [1.29, 1.82) is 5.26 Å². The third kappa shape index (κ3) is 4.64. The lowest BCUT2D eigenvalue weighted by atomic mass is 10.1. The highest BCUT2D eigenvalue weighted by atomic mass is 32.2. The number of aromatic amines is 1. The maximum absolute atomic E-state index is 12.6. The summed E-state index contributed by atoms with van der Waals surface area (Å²) >= 11 is 0. The number of benzene rings is 3. The van der Waals surface area contributed by atoms with E-state index in [4.69, 9.17) is 5.10 Å². The van der Waals surface area contributed by atoms with Crippen LogP contribution in [-0.4, -0.2) is 46.6 Å². The number of aromatic nitrogens is 4. The number of nitriles is 1. The Morgan fingerprint density at radius 2 is 1.68 bits per heavy atom. The molecule has 2 aromatic heterocycles. The summed E-state index contributed by atoms with van der Waals surface area (Å²) in [5, 5.41) is 15.2. The first-order chi connectivity index (χ1) is 18.3. The number of fused-ring (bicyclic) bond motifs is 1. The van der Waals surface area contributed by atoms with Crippen LogP contribution in [0.15, 0.2) is 94.7 Å². The molecule has 0 amide bonds. The second-order valence-corrected chi connectivity index (χ2v) is 10.8. The molecule has 0 aliphatic rings. The number of hydrogen-bond donors (Lipinski definition) is 1. The summed E-state index contributed by atoms with van der Waals surface area (Å²) in [5.74, 6) is 0.141.